The van der Waals surface area contributed by atoms with Crippen molar-refractivity contribution in [2.75, 3.05) is 0 Å². The zero-order valence-electron chi connectivity index (χ0n) is 20.7. The van der Waals surface area contributed by atoms with Gasteiger partial charge >= 0.3 is 17.9 Å². The highest BCUT2D eigenvalue weighted by Crippen LogP contribution is 2.49. The van der Waals surface area contributed by atoms with Gasteiger partial charge in [0, 0.05) is 37.5 Å². The average molecular weight is 469 g/mol. The number of rotatable bonds is 5. The molecule has 1 aliphatic carbocycles. The van der Waals surface area contributed by atoms with Crippen molar-refractivity contribution >= 4 is 34.5 Å². The molecule has 0 N–H and O–H groups in total. The Morgan fingerprint density at radius 2 is 1.15 bits per heavy atom. The number of ketones is 1. The molecule has 7 nitrogen and oxygen atoms in total. The van der Waals surface area contributed by atoms with E-state index in [2.05, 4.69) is 20.8 Å². The van der Waals surface area contributed by atoms with Gasteiger partial charge in [-0.1, -0.05) is 45.0 Å². The van der Waals surface area contributed by atoms with Gasteiger partial charge in [0.2, 0.25) is 0 Å². The lowest BCUT2D eigenvalue weighted by Crippen LogP contribution is -2.29. The van der Waals surface area contributed by atoms with Crippen molar-refractivity contribution in [1.29, 1.82) is 0 Å². The highest BCUT2D eigenvalue weighted by atomic mass is 16.6. The van der Waals surface area contributed by atoms with E-state index in [1.54, 1.807) is 24.3 Å². The van der Waals surface area contributed by atoms with Gasteiger partial charge in [-0.15, -0.1) is 0 Å². The third kappa shape index (κ3) is 5.46. The van der Waals surface area contributed by atoms with E-state index in [9.17, 15) is 19.2 Å². The SMILES string of the molecule is CC(=O)Oc1c(C(=O)C2CCC(C(C)(C)C)CC2)c(OC(C)=O)c2ccccc2c1OC(C)=O. The van der Waals surface area contributed by atoms with Crippen LogP contribution in [0.5, 0.6) is 17.2 Å². The van der Waals surface area contributed by atoms with Crippen LogP contribution in [0.25, 0.3) is 10.8 Å². The van der Waals surface area contributed by atoms with Crippen LogP contribution >= 0.6 is 0 Å². The summed E-state index contributed by atoms with van der Waals surface area (Å²) in [6, 6.07) is 6.75. The number of fused-ring (bicyclic) bond motifs is 1. The molecule has 0 bridgehead atoms. The van der Waals surface area contributed by atoms with Crippen LogP contribution in [0.15, 0.2) is 24.3 Å². The van der Waals surface area contributed by atoms with E-state index in [0.29, 0.717) is 29.5 Å². The molecule has 0 radical (unpaired) electrons. The van der Waals surface area contributed by atoms with Crippen molar-refractivity contribution in [2.24, 2.45) is 17.3 Å². The fourth-order valence-electron chi connectivity index (χ4n) is 4.74. The first-order valence-electron chi connectivity index (χ1n) is 11.6. The molecule has 2 aromatic rings. The summed E-state index contributed by atoms with van der Waals surface area (Å²) in [6.45, 7) is 10.3. The molecule has 34 heavy (non-hydrogen) atoms. The first-order valence-corrected chi connectivity index (χ1v) is 11.6. The van der Waals surface area contributed by atoms with Crippen LogP contribution in [0.3, 0.4) is 0 Å². The first kappa shape index (κ1) is 25.4. The molecule has 0 heterocycles. The van der Waals surface area contributed by atoms with E-state index in [-0.39, 0.29) is 39.9 Å². The van der Waals surface area contributed by atoms with Crippen LogP contribution in [0, 0.1) is 17.3 Å². The molecule has 0 unspecified atom stereocenters. The zero-order chi connectivity index (χ0) is 25.2. The monoisotopic (exact) mass is 468 g/mol. The maximum atomic E-state index is 13.9. The van der Waals surface area contributed by atoms with Gasteiger partial charge in [0.05, 0.1) is 0 Å². The van der Waals surface area contributed by atoms with Crippen molar-refractivity contribution in [2.45, 2.75) is 67.2 Å². The molecule has 0 amide bonds. The summed E-state index contributed by atoms with van der Waals surface area (Å²) < 4.78 is 16.5. The maximum Gasteiger partial charge on any atom is 0.308 e. The largest absolute Gasteiger partial charge is 0.425 e. The summed E-state index contributed by atoms with van der Waals surface area (Å²) >= 11 is 0. The Balaban J connectivity index is 2.23. The summed E-state index contributed by atoms with van der Waals surface area (Å²) in [5.41, 5.74) is 0.102. The van der Waals surface area contributed by atoms with Crippen molar-refractivity contribution < 1.29 is 33.4 Å². The first-order chi connectivity index (χ1) is 15.9. The molecule has 0 spiro atoms. The molecule has 0 saturated heterocycles. The van der Waals surface area contributed by atoms with E-state index in [0.717, 1.165) is 12.8 Å². The van der Waals surface area contributed by atoms with Gasteiger partial charge in [-0.2, -0.15) is 0 Å². The summed E-state index contributed by atoms with van der Waals surface area (Å²) in [5, 5.41) is 0.801. The standard InChI is InChI=1S/C27H32O7/c1-15(28)32-24-20-9-7-8-10-21(20)25(33-16(2)29)26(34-17(3)30)22(24)23(31)18-11-13-19(14-12-18)27(4,5)6/h7-10,18-19H,11-14H2,1-6H3. The quantitative estimate of drug-likeness (QED) is 0.318. The molecule has 1 fully saturated rings. The Bertz CT molecular complexity index is 1130. The normalized spacial score (nSPS) is 18.3. The summed E-state index contributed by atoms with van der Waals surface area (Å²) in [7, 11) is 0. The minimum absolute atomic E-state index is 0.0122. The summed E-state index contributed by atoms with van der Waals surface area (Å²) in [4.78, 5) is 49.9. The number of Topliss-reactive ketones (excluding diaryl/α,β-unsaturated/α-hetero) is 1. The minimum Gasteiger partial charge on any atom is -0.425 e. The molecule has 0 aromatic heterocycles. The van der Waals surface area contributed by atoms with Crippen molar-refractivity contribution in [3.63, 3.8) is 0 Å². The van der Waals surface area contributed by atoms with Crippen LogP contribution in [0.4, 0.5) is 0 Å². The average Bonchev–Trinajstić information content (AvgIpc) is 2.74. The number of carbonyl (C=O) groups is 4. The third-order valence-corrected chi connectivity index (χ3v) is 6.38. The van der Waals surface area contributed by atoms with E-state index >= 15 is 0 Å². The van der Waals surface area contributed by atoms with Crippen LogP contribution in [0.1, 0.15) is 77.6 Å². The Labute approximate surface area is 199 Å². The molecule has 1 aliphatic rings. The fourth-order valence-corrected chi connectivity index (χ4v) is 4.74. The van der Waals surface area contributed by atoms with Gasteiger partial charge < -0.3 is 14.2 Å². The van der Waals surface area contributed by atoms with Gasteiger partial charge in [-0.25, -0.2) is 0 Å². The van der Waals surface area contributed by atoms with Crippen molar-refractivity contribution in [3.05, 3.63) is 29.8 Å². The number of esters is 3. The maximum absolute atomic E-state index is 13.9. The van der Waals surface area contributed by atoms with Gasteiger partial charge in [0.1, 0.15) is 5.56 Å². The van der Waals surface area contributed by atoms with Crippen LogP contribution in [-0.4, -0.2) is 23.7 Å². The Morgan fingerprint density at radius 1 is 0.706 bits per heavy atom. The molecule has 0 aliphatic heterocycles. The van der Waals surface area contributed by atoms with Crippen molar-refractivity contribution in [1.82, 2.24) is 0 Å². The van der Waals surface area contributed by atoms with E-state index < -0.39 is 17.9 Å². The zero-order valence-corrected chi connectivity index (χ0v) is 20.7. The second-order valence-corrected chi connectivity index (χ2v) is 9.97. The molecular formula is C27H32O7. The molecule has 2 aromatic carbocycles. The molecular weight excluding hydrogens is 436 g/mol. The lowest BCUT2D eigenvalue weighted by Gasteiger charge is -2.36. The van der Waals surface area contributed by atoms with Gasteiger partial charge in [0.15, 0.2) is 23.0 Å². The Kier molecular flexibility index (Phi) is 7.44. The number of ether oxygens (including phenoxy) is 3. The van der Waals surface area contributed by atoms with E-state index in [1.807, 2.05) is 0 Å². The lowest BCUT2D eigenvalue weighted by molar-refractivity contribution is -0.134. The third-order valence-electron chi connectivity index (χ3n) is 6.38. The summed E-state index contributed by atoms with van der Waals surface area (Å²) in [5.74, 6) is -2.31. The van der Waals surface area contributed by atoms with Crippen molar-refractivity contribution in [3.8, 4) is 17.2 Å². The predicted octanol–water partition coefficient (Wildman–Crippen LogP) is 5.65. The topological polar surface area (TPSA) is 96.0 Å². The van der Waals surface area contributed by atoms with Crippen LogP contribution in [-0.2, 0) is 14.4 Å². The van der Waals surface area contributed by atoms with Crippen LogP contribution in [0.2, 0.25) is 0 Å². The Morgan fingerprint density at radius 3 is 1.62 bits per heavy atom. The number of hydrogen-bond donors (Lipinski definition) is 0. The minimum atomic E-state index is -0.692. The number of hydrogen-bond acceptors (Lipinski definition) is 7. The second-order valence-electron chi connectivity index (χ2n) is 9.97. The number of carbonyl (C=O) groups excluding carboxylic acids is 4. The van der Waals surface area contributed by atoms with Gasteiger partial charge in [-0.05, 0) is 37.0 Å². The van der Waals surface area contributed by atoms with E-state index in [1.165, 1.54) is 20.8 Å². The predicted molar refractivity (Wildman–Crippen MR) is 127 cm³/mol. The fraction of sp³-hybridized carbons (Fsp3) is 0.481. The Hall–Kier alpha value is -3.22. The van der Waals surface area contributed by atoms with E-state index in [4.69, 9.17) is 14.2 Å². The van der Waals surface area contributed by atoms with Crippen LogP contribution < -0.4 is 14.2 Å². The molecule has 0 atom stereocenters. The molecule has 7 heteroatoms. The number of benzene rings is 2. The second kappa shape index (κ2) is 9.95. The smallest absolute Gasteiger partial charge is 0.308 e. The van der Waals surface area contributed by atoms with Gasteiger partial charge in [-0.3, -0.25) is 19.2 Å². The summed E-state index contributed by atoms with van der Waals surface area (Å²) in [6.07, 6.45) is 3.09. The van der Waals surface area contributed by atoms with Gasteiger partial charge in [0.25, 0.3) is 0 Å². The lowest BCUT2D eigenvalue weighted by atomic mass is 9.68. The highest BCUT2D eigenvalue weighted by molar-refractivity contribution is 6.12. The molecule has 182 valence electrons. The molecule has 1 saturated carbocycles. The molecule has 3 rings (SSSR count). The highest BCUT2D eigenvalue weighted by Gasteiger charge is 2.37.